The van der Waals surface area contributed by atoms with Gasteiger partial charge in [-0.15, -0.1) is 0 Å². The molecular formula is C24H24ClN3O2. The number of hydrogen-bond donors (Lipinski definition) is 2. The molecule has 30 heavy (non-hydrogen) atoms. The Hall–Kier alpha value is -3.02. The van der Waals surface area contributed by atoms with Crippen molar-refractivity contribution in [2.45, 2.75) is 19.6 Å². The maximum Gasteiger partial charge on any atom is 0.180 e. The normalized spacial score (nSPS) is 11.0. The van der Waals surface area contributed by atoms with Gasteiger partial charge in [0.2, 0.25) is 0 Å². The van der Waals surface area contributed by atoms with Crippen molar-refractivity contribution in [1.82, 2.24) is 15.3 Å². The monoisotopic (exact) mass is 421 g/mol. The van der Waals surface area contributed by atoms with Crippen molar-refractivity contribution < 1.29 is 9.47 Å². The summed E-state index contributed by atoms with van der Waals surface area (Å²) in [5.41, 5.74) is 4.17. The zero-order chi connectivity index (χ0) is 20.8. The summed E-state index contributed by atoms with van der Waals surface area (Å²) in [7, 11) is 1.62. The minimum atomic E-state index is 0.437. The zero-order valence-corrected chi connectivity index (χ0v) is 17.6. The van der Waals surface area contributed by atoms with E-state index in [0.29, 0.717) is 29.7 Å². The Balaban J connectivity index is 1.34. The van der Waals surface area contributed by atoms with Crippen molar-refractivity contribution in [1.29, 1.82) is 0 Å². The number of halogens is 1. The molecule has 0 spiro atoms. The number of hydrogen-bond acceptors (Lipinski definition) is 4. The maximum absolute atomic E-state index is 6.49. The van der Waals surface area contributed by atoms with Crippen LogP contribution in [0.15, 0.2) is 66.7 Å². The largest absolute Gasteiger partial charge is 0.493 e. The summed E-state index contributed by atoms with van der Waals surface area (Å²) in [6.45, 7) is 1.91. The van der Waals surface area contributed by atoms with Crippen LogP contribution >= 0.6 is 11.6 Å². The van der Waals surface area contributed by atoms with Crippen LogP contribution in [0.25, 0.3) is 11.0 Å². The van der Waals surface area contributed by atoms with E-state index in [1.807, 2.05) is 66.7 Å². The van der Waals surface area contributed by atoms with E-state index < -0.39 is 0 Å². The number of imidazole rings is 1. The summed E-state index contributed by atoms with van der Waals surface area (Å²) < 4.78 is 11.4. The first-order valence-corrected chi connectivity index (χ1v) is 10.3. The van der Waals surface area contributed by atoms with Gasteiger partial charge < -0.3 is 19.8 Å². The van der Waals surface area contributed by atoms with Crippen molar-refractivity contribution in [3.8, 4) is 11.5 Å². The molecule has 4 aromatic rings. The first-order chi connectivity index (χ1) is 14.7. The van der Waals surface area contributed by atoms with Crippen LogP contribution in [0.3, 0.4) is 0 Å². The smallest absolute Gasteiger partial charge is 0.180 e. The zero-order valence-electron chi connectivity index (χ0n) is 16.8. The van der Waals surface area contributed by atoms with Gasteiger partial charge in [-0.1, -0.05) is 54.1 Å². The predicted octanol–water partition coefficient (Wildman–Crippen LogP) is 5.14. The molecule has 1 heterocycles. The number of aromatic nitrogens is 2. The number of rotatable bonds is 9. The molecule has 0 saturated carbocycles. The Labute approximate surface area is 181 Å². The molecule has 0 amide bonds. The van der Waals surface area contributed by atoms with E-state index in [1.54, 1.807) is 7.11 Å². The van der Waals surface area contributed by atoms with Crippen molar-refractivity contribution in [2.75, 3.05) is 13.7 Å². The lowest BCUT2D eigenvalue weighted by Crippen LogP contribution is -2.17. The number of ether oxygens (including phenoxy) is 2. The first-order valence-electron chi connectivity index (χ1n) is 9.90. The average molecular weight is 422 g/mol. The van der Waals surface area contributed by atoms with Crippen molar-refractivity contribution in [2.24, 2.45) is 0 Å². The molecule has 5 nitrogen and oxygen atoms in total. The van der Waals surface area contributed by atoms with Gasteiger partial charge in [-0.2, -0.15) is 0 Å². The fourth-order valence-corrected chi connectivity index (χ4v) is 3.60. The molecule has 0 unspecified atom stereocenters. The standard InChI is InChI=1S/C24H24ClN3O2/c1-29-22-14-18(13-19(25)24(22)30-16-17-7-3-2-4-8-17)15-26-12-11-23-27-20-9-5-6-10-21(20)28-23/h2-10,13-14,26H,11-12,15-16H2,1H3,(H,27,28). The van der Waals surface area contributed by atoms with Gasteiger partial charge in [0.15, 0.2) is 11.5 Å². The molecule has 0 aliphatic carbocycles. The fourth-order valence-electron chi connectivity index (χ4n) is 3.31. The highest BCUT2D eigenvalue weighted by Gasteiger charge is 2.12. The molecule has 0 radical (unpaired) electrons. The molecule has 0 aliphatic rings. The van der Waals surface area contributed by atoms with E-state index in [-0.39, 0.29) is 0 Å². The van der Waals surface area contributed by atoms with Crippen LogP contribution in [0.1, 0.15) is 17.0 Å². The highest BCUT2D eigenvalue weighted by atomic mass is 35.5. The molecule has 4 rings (SSSR count). The van der Waals surface area contributed by atoms with E-state index in [4.69, 9.17) is 21.1 Å². The van der Waals surface area contributed by atoms with Gasteiger partial charge in [-0.3, -0.25) is 0 Å². The molecule has 0 bridgehead atoms. The van der Waals surface area contributed by atoms with Gasteiger partial charge in [0.05, 0.1) is 23.2 Å². The number of aromatic amines is 1. The molecule has 154 valence electrons. The molecule has 0 aliphatic heterocycles. The van der Waals surface area contributed by atoms with E-state index >= 15 is 0 Å². The van der Waals surface area contributed by atoms with Crippen LogP contribution in [-0.2, 0) is 19.6 Å². The molecule has 3 aromatic carbocycles. The van der Waals surface area contributed by atoms with Gasteiger partial charge >= 0.3 is 0 Å². The van der Waals surface area contributed by atoms with Gasteiger partial charge in [-0.25, -0.2) is 4.98 Å². The SMILES string of the molecule is COc1cc(CNCCc2nc3ccccc3[nH]2)cc(Cl)c1OCc1ccccc1. The van der Waals surface area contributed by atoms with Crippen LogP contribution in [0, 0.1) is 0 Å². The maximum atomic E-state index is 6.49. The van der Waals surface area contributed by atoms with Crippen LogP contribution in [-0.4, -0.2) is 23.6 Å². The average Bonchev–Trinajstić information content (AvgIpc) is 3.19. The third-order valence-electron chi connectivity index (χ3n) is 4.82. The van der Waals surface area contributed by atoms with Crippen molar-refractivity contribution in [3.63, 3.8) is 0 Å². The summed E-state index contributed by atoms with van der Waals surface area (Å²) in [5.74, 6) is 2.17. The number of fused-ring (bicyclic) bond motifs is 1. The van der Waals surface area contributed by atoms with Crippen LogP contribution in [0.2, 0.25) is 5.02 Å². The number of nitrogens with zero attached hydrogens (tertiary/aromatic N) is 1. The molecule has 0 atom stereocenters. The molecule has 0 fully saturated rings. The number of benzene rings is 3. The van der Waals surface area contributed by atoms with Crippen molar-refractivity contribution >= 4 is 22.6 Å². The molecule has 1 aromatic heterocycles. The number of H-pyrrole nitrogens is 1. The second-order valence-electron chi connectivity index (χ2n) is 7.01. The molecule has 0 saturated heterocycles. The summed E-state index contributed by atoms with van der Waals surface area (Å²) in [4.78, 5) is 7.95. The van der Waals surface area contributed by atoms with Gasteiger partial charge in [-0.05, 0) is 35.4 Å². The Bertz CT molecular complexity index is 1080. The lowest BCUT2D eigenvalue weighted by Gasteiger charge is -2.14. The van der Waals surface area contributed by atoms with Crippen molar-refractivity contribution in [3.05, 3.63) is 88.7 Å². The second kappa shape index (κ2) is 9.65. The lowest BCUT2D eigenvalue weighted by molar-refractivity contribution is 0.284. The van der Waals surface area contributed by atoms with E-state index in [0.717, 1.165) is 41.0 Å². The van der Waals surface area contributed by atoms with Gasteiger partial charge in [0.25, 0.3) is 0 Å². The topological polar surface area (TPSA) is 59.2 Å². The van der Waals surface area contributed by atoms with Gasteiger partial charge in [0.1, 0.15) is 12.4 Å². The summed E-state index contributed by atoms with van der Waals surface area (Å²) in [5, 5.41) is 3.98. The Morgan fingerprint density at radius 2 is 1.80 bits per heavy atom. The van der Waals surface area contributed by atoms with E-state index in [9.17, 15) is 0 Å². The Morgan fingerprint density at radius 1 is 1.00 bits per heavy atom. The first kappa shape index (κ1) is 20.3. The molecule has 2 N–H and O–H groups in total. The third kappa shape index (κ3) is 4.93. The van der Waals surface area contributed by atoms with Crippen LogP contribution in [0.4, 0.5) is 0 Å². The number of methoxy groups -OCH3 is 1. The molecule has 6 heteroatoms. The van der Waals surface area contributed by atoms with Crippen LogP contribution in [0.5, 0.6) is 11.5 Å². The number of para-hydroxylation sites is 2. The van der Waals surface area contributed by atoms with E-state index in [2.05, 4.69) is 15.3 Å². The van der Waals surface area contributed by atoms with Crippen LogP contribution < -0.4 is 14.8 Å². The minimum Gasteiger partial charge on any atom is -0.493 e. The predicted molar refractivity (Wildman–Crippen MR) is 120 cm³/mol. The van der Waals surface area contributed by atoms with Gasteiger partial charge in [0, 0.05) is 19.5 Å². The summed E-state index contributed by atoms with van der Waals surface area (Å²) in [6, 6.07) is 21.9. The summed E-state index contributed by atoms with van der Waals surface area (Å²) in [6.07, 6.45) is 0.817. The third-order valence-corrected chi connectivity index (χ3v) is 5.10. The Morgan fingerprint density at radius 3 is 2.60 bits per heavy atom. The molecular weight excluding hydrogens is 398 g/mol. The summed E-state index contributed by atoms with van der Waals surface area (Å²) >= 11 is 6.49. The lowest BCUT2D eigenvalue weighted by atomic mass is 10.2. The Kier molecular flexibility index (Phi) is 6.52. The fraction of sp³-hybridized carbons (Fsp3) is 0.208. The highest BCUT2D eigenvalue weighted by Crippen LogP contribution is 2.37. The quantitative estimate of drug-likeness (QED) is 0.367. The highest BCUT2D eigenvalue weighted by molar-refractivity contribution is 6.32. The van der Waals surface area contributed by atoms with E-state index in [1.165, 1.54) is 0 Å². The number of nitrogens with one attached hydrogen (secondary N) is 2. The second-order valence-corrected chi connectivity index (χ2v) is 7.42. The minimum absolute atomic E-state index is 0.437.